The number of hydrogen-bond acceptors (Lipinski definition) is 2. The summed E-state index contributed by atoms with van der Waals surface area (Å²) in [6.07, 6.45) is 7.15. The van der Waals surface area contributed by atoms with Gasteiger partial charge in [0, 0.05) is 24.3 Å². The first-order valence-corrected chi connectivity index (χ1v) is 6.93. The van der Waals surface area contributed by atoms with Gasteiger partial charge in [0.05, 0.1) is 13.2 Å². The summed E-state index contributed by atoms with van der Waals surface area (Å²) in [4.78, 5) is 2.51. The Labute approximate surface area is 110 Å². The largest absolute Gasteiger partial charge is 0.373 e. The van der Waals surface area contributed by atoms with Gasteiger partial charge in [-0.25, -0.2) is 0 Å². The molecule has 1 aliphatic rings. The summed E-state index contributed by atoms with van der Waals surface area (Å²) in [6.45, 7) is 7.34. The molecule has 0 unspecified atom stereocenters. The predicted molar refractivity (Wildman–Crippen MR) is 77.0 cm³/mol. The van der Waals surface area contributed by atoms with Crippen LogP contribution in [0.5, 0.6) is 0 Å². The highest BCUT2D eigenvalue weighted by molar-refractivity contribution is 5.53. The third-order valence-corrected chi connectivity index (χ3v) is 3.43. The van der Waals surface area contributed by atoms with Crippen LogP contribution in [0.15, 0.2) is 36.9 Å². The number of hydrogen-bond donors (Lipinski definition) is 0. The van der Waals surface area contributed by atoms with Crippen molar-refractivity contribution in [2.45, 2.75) is 32.3 Å². The van der Waals surface area contributed by atoms with Gasteiger partial charge in [0.15, 0.2) is 0 Å². The minimum absolute atomic E-state index is 0.619. The Kier molecular flexibility index (Phi) is 5.28. The van der Waals surface area contributed by atoms with Crippen LogP contribution >= 0.6 is 0 Å². The molecule has 0 aliphatic carbocycles. The van der Waals surface area contributed by atoms with Gasteiger partial charge in [-0.15, -0.1) is 6.58 Å². The fraction of sp³-hybridized carbons (Fsp3) is 0.500. The van der Waals surface area contributed by atoms with Crippen molar-refractivity contribution in [1.82, 2.24) is 0 Å². The zero-order valence-corrected chi connectivity index (χ0v) is 11.1. The van der Waals surface area contributed by atoms with E-state index in [2.05, 4.69) is 35.7 Å². The minimum Gasteiger partial charge on any atom is -0.373 e. The van der Waals surface area contributed by atoms with E-state index in [0.717, 1.165) is 0 Å². The van der Waals surface area contributed by atoms with E-state index in [-0.39, 0.29) is 0 Å². The zero-order valence-electron chi connectivity index (χ0n) is 11.1. The molecule has 0 N–H and O–H groups in total. The molecule has 0 spiro atoms. The molecule has 0 atom stereocenters. The van der Waals surface area contributed by atoms with Crippen LogP contribution in [0.25, 0.3) is 0 Å². The number of nitrogens with zero attached hydrogens (tertiary/aromatic N) is 1. The molecule has 1 aromatic carbocycles. The lowest BCUT2D eigenvalue weighted by molar-refractivity contribution is 0.149. The van der Waals surface area contributed by atoms with E-state index in [0.29, 0.717) is 13.2 Å². The van der Waals surface area contributed by atoms with Crippen LogP contribution in [0.4, 0.5) is 5.69 Å². The molecule has 0 saturated carbocycles. The topological polar surface area (TPSA) is 12.5 Å². The lowest BCUT2D eigenvalue weighted by atomic mass is 10.1. The number of benzene rings is 1. The molecule has 1 aromatic rings. The fourth-order valence-corrected chi connectivity index (χ4v) is 2.51. The highest BCUT2D eigenvalue weighted by Gasteiger charge is 2.12. The minimum atomic E-state index is 0.619. The van der Waals surface area contributed by atoms with E-state index < -0.39 is 0 Å². The smallest absolute Gasteiger partial charge is 0.0741 e. The standard InChI is InChI=1S/C16H23NO/c1-2-13-18-14-15-9-5-6-10-16(15)17-11-7-3-4-8-12-17/h2,5-6,9-10H,1,3-4,7-8,11-14H2. The van der Waals surface area contributed by atoms with Crippen LogP contribution < -0.4 is 4.90 Å². The van der Waals surface area contributed by atoms with Gasteiger partial charge in [-0.2, -0.15) is 0 Å². The van der Waals surface area contributed by atoms with Gasteiger partial charge in [0.2, 0.25) is 0 Å². The van der Waals surface area contributed by atoms with Crippen molar-refractivity contribution >= 4 is 5.69 Å². The Bertz CT molecular complexity index is 367. The first kappa shape index (κ1) is 13.2. The van der Waals surface area contributed by atoms with Crippen LogP contribution in [0, 0.1) is 0 Å². The Morgan fingerprint density at radius 1 is 1.11 bits per heavy atom. The highest BCUT2D eigenvalue weighted by Crippen LogP contribution is 2.24. The Hall–Kier alpha value is -1.28. The summed E-state index contributed by atoms with van der Waals surface area (Å²) < 4.78 is 5.59. The van der Waals surface area contributed by atoms with Crippen LogP contribution in [0.3, 0.4) is 0 Å². The first-order chi connectivity index (χ1) is 8.92. The molecule has 0 bridgehead atoms. The normalized spacial score (nSPS) is 16.3. The van der Waals surface area contributed by atoms with Crippen molar-refractivity contribution in [3.63, 3.8) is 0 Å². The summed E-state index contributed by atoms with van der Waals surface area (Å²) >= 11 is 0. The Balaban J connectivity index is 2.07. The van der Waals surface area contributed by atoms with Crippen molar-refractivity contribution in [2.75, 3.05) is 24.6 Å². The Morgan fingerprint density at radius 2 is 1.83 bits per heavy atom. The summed E-state index contributed by atoms with van der Waals surface area (Å²) in [7, 11) is 0. The summed E-state index contributed by atoms with van der Waals surface area (Å²) in [6, 6.07) is 8.60. The van der Waals surface area contributed by atoms with E-state index in [1.54, 1.807) is 6.08 Å². The average molecular weight is 245 g/mol. The molecular formula is C16H23NO. The maximum Gasteiger partial charge on any atom is 0.0741 e. The molecule has 1 fully saturated rings. The van der Waals surface area contributed by atoms with Gasteiger partial charge in [0.1, 0.15) is 0 Å². The summed E-state index contributed by atoms with van der Waals surface area (Å²) in [5, 5.41) is 0. The second kappa shape index (κ2) is 7.22. The van der Waals surface area contributed by atoms with Gasteiger partial charge in [-0.1, -0.05) is 37.1 Å². The fourth-order valence-electron chi connectivity index (χ4n) is 2.51. The second-order valence-electron chi connectivity index (χ2n) is 4.83. The quantitative estimate of drug-likeness (QED) is 0.578. The number of anilines is 1. The SMILES string of the molecule is C=CCOCc1ccccc1N1CCCCCC1. The van der Waals surface area contributed by atoms with Crippen molar-refractivity contribution in [2.24, 2.45) is 0 Å². The van der Waals surface area contributed by atoms with E-state index in [9.17, 15) is 0 Å². The van der Waals surface area contributed by atoms with Crippen LogP contribution in [-0.4, -0.2) is 19.7 Å². The van der Waals surface area contributed by atoms with Crippen molar-refractivity contribution in [3.8, 4) is 0 Å². The molecule has 18 heavy (non-hydrogen) atoms. The highest BCUT2D eigenvalue weighted by atomic mass is 16.5. The molecule has 0 radical (unpaired) electrons. The van der Waals surface area contributed by atoms with Crippen LogP contribution in [-0.2, 0) is 11.3 Å². The molecule has 2 heteroatoms. The van der Waals surface area contributed by atoms with E-state index in [1.165, 1.54) is 50.0 Å². The van der Waals surface area contributed by atoms with Crippen LogP contribution in [0.2, 0.25) is 0 Å². The summed E-state index contributed by atoms with van der Waals surface area (Å²) in [5.41, 5.74) is 2.64. The van der Waals surface area contributed by atoms with E-state index >= 15 is 0 Å². The third-order valence-electron chi connectivity index (χ3n) is 3.43. The monoisotopic (exact) mass is 245 g/mol. The van der Waals surface area contributed by atoms with Gasteiger partial charge >= 0.3 is 0 Å². The van der Waals surface area contributed by atoms with Gasteiger partial charge < -0.3 is 9.64 Å². The van der Waals surface area contributed by atoms with E-state index in [1.807, 2.05) is 0 Å². The van der Waals surface area contributed by atoms with E-state index in [4.69, 9.17) is 4.74 Å². The third kappa shape index (κ3) is 3.61. The molecule has 0 amide bonds. The molecule has 1 saturated heterocycles. The zero-order chi connectivity index (χ0) is 12.6. The van der Waals surface area contributed by atoms with Gasteiger partial charge in [0.25, 0.3) is 0 Å². The van der Waals surface area contributed by atoms with Crippen LogP contribution in [0.1, 0.15) is 31.2 Å². The summed E-state index contributed by atoms with van der Waals surface area (Å²) in [5.74, 6) is 0. The maximum atomic E-state index is 5.59. The molecular weight excluding hydrogens is 222 g/mol. The molecule has 98 valence electrons. The molecule has 1 heterocycles. The molecule has 0 aromatic heterocycles. The number of para-hydroxylation sites is 1. The van der Waals surface area contributed by atoms with Crippen molar-refractivity contribution < 1.29 is 4.74 Å². The Morgan fingerprint density at radius 3 is 2.56 bits per heavy atom. The lowest BCUT2D eigenvalue weighted by Gasteiger charge is -2.25. The number of rotatable bonds is 5. The lowest BCUT2D eigenvalue weighted by Crippen LogP contribution is -2.25. The van der Waals surface area contributed by atoms with Gasteiger partial charge in [-0.3, -0.25) is 0 Å². The average Bonchev–Trinajstić information content (AvgIpc) is 2.68. The molecule has 2 nitrogen and oxygen atoms in total. The predicted octanol–water partition coefficient (Wildman–Crippen LogP) is 3.77. The molecule has 1 aliphatic heterocycles. The van der Waals surface area contributed by atoms with Crippen molar-refractivity contribution in [3.05, 3.63) is 42.5 Å². The second-order valence-corrected chi connectivity index (χ2v) is 4.83. The molecule has 2 rings (SSSR count). The first-order valence-electron chi connectivity index (χ1n) is 6.93. The van der Waals surface area contributed by atoms with Gasteiger partial charge in [-0.05, 0) is 18.9 Å². The number of ether oxygens (including phenoxy) is 1. The maximum absolute atomic E-state index is 5.59. The van der Waals surface area contributed by atoms with Crippen molar-refractivity contribution in [1.29, 1.82) is 0 Å².